The summed E-state index contributed by atoms with van der Waals surface area (Å²) in [4.78, 5) is 22.8. The molecule has 1 unspecified atom stereocenters. The Morgan fingerprint density at radius 1 is 1.35 bits per heavy atom. The van der Waals surface area contributed by atoms with Crippen LogP contribution in [0.25, 0.3) is 5.65 Å². The van der Waals surface area contributed by atoms with Crippen LogP contribution in [0.15, 0.2) is 36.7 Å². The molecule has 1 atom stereocenters. The quantitative estimate of drug-likeness (QED) is 0.773. The summed E-state index contributed by atoms with van der Waals surface area (Å²) >= 11 is 0. The largest absolute Gasteiger partial charge is 0.364 e. The Labute approximate surface area is 150 Å². The number of imidazole rings is 1. The van der Waals surface area contributed by atoms with E-state index in [-0.39, 0.29) is 11.9 Å². The zero-order valence-corrected chi connectivity index (χ0v) is 14.3. The van der Waals surface area contributed by atoms with Crippen molar-refractivity contribution in [3.05, 3.63) is 53.6 Å². The first-order chi connectivity index (χ1) is 12.6. The number of aromatic nitrogens is 4. The highest BCUT2D eigenvalue weighted by molar-refractivity contribution is 5.92. The molecule has 4 heterocycles. The summed E-state index contributed by atoms with van der Waals surface area (Å²) in [6, 6.07) is 9.15. The monoisotopic (exact) mass is 347 g/mol. The third-order valence-corrected chi connectivity index (χ3v) is 4.38. The smallest absolute Gasteiger partial charge is 0.272 e. The Kier molecular flexibility index (Phi) is 3.97. The fraction of sp³-hybridized carbons (Fsp3) is 0.278. The molecule has 3 aromatic rings. The van der Waals surface area contributed by atoms with Crippen molar-refractivity contribution in [3.8, 4) is 6.07 Å². The van der Waals surface area contributed by atoms with E-state index < -0.39 is 0 Å². The van der Waals surface area contributed by atoms with Gasteiger partial charge in [-0.3, -0.25) is 4.79 Å². The Hall–Kier alpha value is -3.47. The minimum absolute atomic E-state index is 0.118. The van der Waals surface area contributed by atoms with Crippen molar-refractivity contribution >= 4 is 17.4 Å². The third-order valence-electron chi connectivity index (χ3n) is 4.38. The Morgan fingerprint density at radius 3 is 3.00 bits per heavy atom. The molecular weight excluding hydrogens is 330 g/mol. The molecule has 1 aliphatic rings. The fourth-order valence-electron chi connectivity index (χ4n) is 3.10. The highest BCUT2D eigenvalue weighted by Crippen LogP contribution is 2.17. The number of carbonyl (C=O) groups is 1. The van der Waals surface area contributed by atoms with E-state index in [1.54, 1.807) is 21.5 Å². The first kappa shape index (κ1) is 16.0. The summed E-state index contributed by atoms with van der Waals surface area (Å²) in [6.45, 7) is 3.17. The molecule has 0 saturated carbocycles. The van der Waals surface area contributed by atoms with Gasteiger partial charge >= 0.3 is 0 Å². The van der Waals surface area contributed by atoms with Crippen LogP contribution in [-0.4, -0.2) is 49.5 Å². The number of anilines is 1. The van der Waals surface area contributed by atoms with Gasteiger partial charge in [0.15, 0.2) is 5.65 Å². The number of nitriles is 1. The first-order valence-electron chi connectivity index (χ1n) is 8.37. The van der Waals surface area contributed by atoms with Crippen molar-refractivity contribution in [1.82, 2.24) is 24.5 Å². The Bertz CT molecular complexity index is 1000. The number of hydrogen-bond acceptors (Lipinski definition) is 6. The lowest BCUT2D eigenvalue weighted by molar-refractivity contribution is 0.0786. The average Bonchev–Trinajstić information content (AvgIpc) is 3.26. The molecule has 26 heavy (non-hydrogen) atoms. The number of likely N-dealkylation sites (tertiary alicyclic amines) is 1. The standard InChI is InChI=1S/C18H17N7O/c1-12-10-25-17(21-12)5-4-16(23-25)22-14-6-7-24(11-14)18(26)15-3-2-13(8-19)9-20-15/h2-5,9-10,14H,6-7,11H2,1H3,(H,22,23). The van der Waals surface area contributed by atoms with E-state index in [9.17, 15) is 4.79 Å². The molecule has 1 aliphatic heterocycles. The molecule has 0 aromatic carbocycles. The summed E-state index contributed by atoms with van der Waals surface area (Å²) in [5.74, 6) is 0.637. The van der Waals surface area contributed by atoms with Crippen molar-refractivity contribution < 1.29 is 4.79 Å². The van der Waals surface area contributed by atoms with E-state index in [2.05, 4.69) is 20.4 Å². The van der Waals surface area contributed by atoms with E-state index in [1.807, 2.05) is 31.3 Å². The number of aryl methyl sites for hydroxylation is 1. The van der Waals surface area contributed by atoms with E-state index in [0.29, 0.717) is 24.3 Å². The summed E-state index contributed by atoms with van der Waals surface area (Å²) in [6.07, 6.45) is 4.14. The number of carbonyl (C=O) groups excluding carboxylic acids is 1. The van der Waals surface area contributed by atoms with Gasteiger partial charge in [0.1, 0.15) is 17.6 Å². The van der Waals surface area contributed by atoms with Gasteiger partial charge in [-0.15, -0.1) is 5.10 Å². The van der Waals surface area contributed by atoms with Gasteiger partial charge in [-0.25, -0.2) is 14.5 Å². The summed E-state index contributed by atoms with van der Waals surface area (Å²) in [5, 5.41) is 16.7. The van der Waals surface area contributed by atoms with Gasteiger partial charge in [0.25, 0.3) is 5.91 Å². The van der Waals surface area contributed by atoms with E-state index in [1.165, 1.54) is 6.20 Å². The zero-order valence-electron chi connectivity index (χ0n) is 14.3. The normalized spacial score (nSPS) is 16.6. The lowest BCUT2D eigenvalue weighted by Gasteiger charge is -2.17. The van der Waals surface area contributed by atoms with Gasteiger partial charge in [-0.2, -0.15) is 5.26 Å². The highest BCUT2D eigenvalue weighted by atomic mass is 16.2. The molecule has 8 heteroatoms. The van der Waals surface area contributed by atoms with Gasteiger partial charge in [-0.05, 0) is 37.6 Å². The molecule has 4 rings (SSSR count). The van der Waals surface area contributed by atoms with Gasteiger partial charge in [0.2, 0.25) is 0 Å². The maximum atomic E-state index is 12.5. The van der Waals surface area contributed by atoms with Crippen molar-refractivity contribution in [1.29, 1.82) is 5.26 Å². The van der Waals surface area contributed by atoms with Crippen LogP contribution in [0.3, 0.4) is 0 Å². The second-order valence-corrected chi connectivity index (χ2v) is 6.33. The van der Waals surface area contributed by atoms with Crippen LogP contribution >= 0.6 is 0 Å². The zero-order chi connectivity index (χ0) is 18.1. The number of nitrogens with zero attached hydrogens (tertiary/aromatic N) is 6. The lowest BCUT2D eigenvalue weighted by Crippen LogP contribution is -2.32. The van der Waals surface area contributed by atoms with Gasteiger partial charge < -0.3 is 10.2 Å². The molecule has 0 radical (unpaired) electrons. The Balaban J connectivity index is 1.42. The molecule has 8 nitrogen and oxygen atoms in total. The van der Waals surface area contributed by atoms with Crippen molar-refractivity contribution in [3.63, 3.8) is 0 Å². The minimum atomic E-state index is -0.118. The number of fused-ring (bicyclic) bond motifs is 1. The summed E-state index contributed by atoms with van der Waals surface area (Å²) in [5.41, 5.74) is 2.53. The van der Waals surface area contributed by atoms with Crippen molar-refractivity contribution in [2.24, 2.45) is 0 Å². The van der Waals surface area contributed by atoms with Crippen LogP contribution in [0.1, 0.15) is 28.2 Å². The van der Waals surface area contributed by atoms with Crippen LogP contribution in [0.2, 0.25) is 0 Å². The maximum absolute atomic E-state index is 12.5. The lowest BCUT2D eigenvalue weighted by atomic mass is 10.2. The maximum Gasteiger partial charge on any atom is 0.272 e. The van der Waals surface area contributed by atoms with E-state index in [4.69, 9.17) is 5.26 Å². The summed E-state index contributed by atoms with van der Waals surface area (Å²) < 4.78 is 1.75. The molecule has 1 fully saturated rings. The molecule has 1 amide bonds. The SMILES string of the molecule is Cc1cn2nc(NC3CCN(C(=O)c4ccc(C#N)cn4)C3)ccc2n1. The second-order valence-electron chi connectivity index (χ2n) is 6.33. The molecular formula is C18H17N7O. The van der Waals surface area contributed by atoms with E-state index >= 15 is 0 Å². The van der Waals surface area contributed by atoms with Crippen LogP contribution in [0.4, 0.5) is 5.82 Å². The average molecular weight is 347 g/mol. The Morgan fingerprint density at radius 2 is 2.23 bits per heavy atom. The molecule has 0 spiro atoms. The predicted molar refractivity (Wildman–Crippen MR) is 94.6 cm³/mol. The number of rotatable bonds is 3. The van der Waals surface area contributed by atoms with E-state index in [0.717, 1.165) is 23.6 Å². The van der Waals surface area contributed by atoms with Crippen molar-refractivity contribution in [2.75, 3.05) is 18.4 Å². The van der Waals surface area contributed by atoms with Gasteiger partial charge in [-0.1, -0.05) is 0 Å². The molecule has 0 bridgehead atoms. The fourth-order valence-corrected chi connectivity index (χ4v) is 3.10. The molecule has 130 valence electrons. The van der Waals surface area contributed by atoms with Gasteiger partial charge in [0.05, 0.1) is 17.5 Å². The number of nitrogens with one attached hydrogen (secondary N) is 1. The van der Waals surface area contributed by atoms with Crippen LogP contribution in [0.5, 0.6) is 0 Å². The van der Waals surface area contributed by atoms with Crippen LogP contribution < -0.4 is 5.32 Å². The molecule has 1 N–H and O–H groups in total. The van der Waals surface area contributed by atoms with Gasteiger partial charge in [0, 0.05) is 25.3 Å². The molecule has 0 aliphatic carbocycles. The summed E-state index contributed by atoms with van der Waals surface area (Å²) in [7, 11) is 0. The number of hydrogen-bond donors (Lipinski definition) is 1. The van der Waals surface area contributed by atoms with Crippen LogP contribution in [-0.2, 0) is 0 Å². The first-order valence-corrected chi connectivity index (χ1v) is 8.37. The second kappa shape index (κ2) is 6.44. The van der Waals surface area contributed by atoms with Crippen LogP contribution in [0, 0.1) is 18.3 Å². The molecule has 3 aromatic heterocycles. The molecule has 1 saturated heterocycles. The minimum Gasteiger partial charge on any atom is -0.364 e. The highest BCUT2D eigenvalue weighted by Gasteiger charge is 2.27. The predicted octanol–water partition coefficient (Wildman–Crippen LogP) is 1.63. The topological polar surface area (TPSA) is 99.2 Å². The number of amides is 1. The van der Waals surface area contributed by atoms with Crippen molar-refractivity contribution in [2.45, 2.75) is 19.4 Å². The third kappa shape index (κ3) is 3.07. The number of pyridine rings is 1.